The first-order valence-corrected chi connectivity index (χ1v) is 35.5. The van der Waals surface area contributed by atoms with Gasteiger partial charge in [0.1, 0.15) is 19.3 Å². The van der Waals surface area contributed by atoms with Crippen molar-refractivity contribution >= 4 is 19.7 Å². The summed E-state index contributed by atoms with van der Waals surface area (Å²) < 4.78 is 30.8. The highest BCUT2D eigenvalue weighted by molar-refractivity contribution is 7.47. The highest BCUT2D eigenvalue weighted by Crippen LogP contribution is 2.43. The molecule has 0 aliphatic carbocycles. The molecule has 0 saturated heterocycles. The summed E-state index contributed by atoms with van der Waals surface area (Å²) >= 11 is 0. The van der Waals surface area contributed by atoms with E-state index in [4.69, 9.17) is 13.8 Å². The number of allylic oxidation sites excluding steroid dienone is 21. The van der Waals surface area contributed by atoms with E-state index in [2.05, 4.69) is 148 Å². The zero-order valence-electron chi connectivity index (χ0n) is 54.8. The first-order chi connectivity index (χ1) is 40.9. The van der Waals surface area contributed by atoms with Crippen molar-refractivity contribution in [2.45, 2.75) is 283 Å². The number of hydrogen-bond acceptors (Lipinski definition) is 6. The number of nitrogens with one attached hydrogen (secondary N) is 1. The second-order valence-corrected chi connectivity index (χ2v) is 25.1. The van der Waals surface area contributed by atoms with E-state index in [0.29, 0.717) is 23.9 Å². The molecule has 0 spiro atoms. The third-order valence-corrected chi connectivity index (χ3v) is 15.3. The Labute approximate surface area is 517 Å². The highest BCUT2D eigenvalue weighted by atomic mass is 31.2. The van der Waals surface area contributed by atoms with Gasteiger partial charge in [-0.15, -0.1) is 0 Å². The number of ether oxygens (including phenoxy) is 1. The van der Waals surface area contributed by atoms with Crippen LogP contribution in [0.25, 0.3) is 0 Å². The summed E-state index contributed by atoms with van der Waals surface area (Å²) in [6.07, 6.45) is 88.8. The molecule has 0 aromatic rings. The van der Waals surface area contributed by atoms with Gasteiger partial charge in [-0.25, -0.2) is 4.57 Å². The molecule has 0 aliphatic rings. The number of carbonyl (C=O) groups excluding carboxylic acids is 2. The van der Waals surface area contributed by atoms with Crippen molar-refractivity contribution in [3.8, 4) is 0 Å². The summed E-state index contributed by atoms with van der Waals surface area (Å²) in [5.74, 6) is -0.550. The molecule has 3 atom stereocenters. The average molecular weight is 1190 g/mol. The van der Waals surface area contributed by atoms with Crippen molar-refractivity contribution in [3.63, 3.8) is 0 Å². The maximum absolute atomic E-state index is 13.6. The number of likely N-dealkylation sites (N-methyl/N-ethyl adjacent to an activating group) is 1. The molecule has 10 heteroatoms. The number of esters is 1. The Morgan fingerprint density at radius 2 is 0.762 bits per heavy atom. The van der Waals surface area contributed by atoms with Crippen LogP contribution in [0.2, 0.25) is 0 Å². The van der Waals surface area contributed by atoms with Crippen molar-refractivity contribution in [1.29, 1.82) is 0 Å². The van der Waals surface area contributed by atoms with Crippen molar-refractivity contribution in [2.75, 3.05) is 40.9 Å². The van der Waals surface area contributed by atoms with E-state index in [-0.39, 0.29) is 31.5 Å². The summed E-state index contributed by atoms with van der Waals surface area (Å²) in [5.41, 5.74) is 0. The van der Waals surface area contributed by atoms with Gasteiger partial charge in [-0.2, -0.15) is 0 Å². The highest BCUT2D eigenvalue weighted by Gasteiger charge is 2.30. The van der Waals surface area contributed by atoms with Gasteiger partial charge in [0.05, 0.1) is 33.8 Å². The molecule has 1 amide bonds. The lowest BCUT2D eigenvalue weighted by atomic mass is 10.0. The number of hydrogen-bond donors (Lipinski definition) is 2. The van der Waals surface area contributed by atoms with Crippen LogP contribution in [-0.4, -0.2) is 74.3 Å². The molecule has 0 rings (SSSR count). The van der Waals surface area contributed by atoms with Gasteiger partial charge in [0.25, 0.3) is 0 Å². The summed E-state index contributed by atoms with van der Waals surface area (Å²) in [5, 5.41) is 3.05. The lowest BCUT2D eigenvalue weighted by Gasteiger charge is -2.27. The number of amides is 1. The Balaban J connectivity index is 5.23. The van der Waals surface area contributed by atoms with Crippen LogP contribution in [0.1, 0.15) is 271 Å². The van der Waals surface area contributed by atoms with Gasteiger partial charge in [0.2, 0.25) is 5.91 Å². The summed E-state index contributed by atoms with van der Waals surface area (Å²) in [6, 6.07) is -0.875. The van der Waals surface area contributed by atoms with E-state index in [0.717, 1.165) is 154 Å². The molecule has 480 valence electrons. The Bertz CT molecular complexity index is 1900. The zero-order valence-corrected chi connectivity index (χ0v) is 55.7. The number of unbranched alkanes of at least 4 members (excludes halogenated alkanes) is 24. The molecule has 84 heavy (non-hydrogen) atoms. The van der Waals surface area contributed by atoms with Crippen LogP contribution in [0.3, 0.4) is 0 Å². The van der Waals surface area contributed by atoms with Gasteiger partial charge < -0.3 is 19.4 Å². The van der Waals surface area contributed by atoms with Crippen LogP contribution in [0, 0.1) is 0 Å². The number of phosphoric acid groups is 1. The minimum atomic E-state index is -4.47. The fourth-order valence-electron chi connectivity index (χ4n) is 9.10. The monoisotopic (exact) mass is 1190 g/mol. The van der Waals surface area contributed by atoms with E-state index >= 15 is 0 Å². The quantitative estimate of drug-likeness (QED) is 0.0205. The van der Waals surface area contributed by atoms with E-state index in [9.17, 15) is 19.0 Å². The standard InChI is InChI=1S/C74H127N2O7P/c1-7-10-13-16-19-22-25-28-30-32-34-36-37-38-39-41-43-45-47-49-52-55-58-61-64-67-74(78)83-72(65-62-59-56-53-50-27-24-21-18-15-12-9-3)71(70-82-84(79,80)81-69-68-76(4,5)6)75-73(77)66-63-60-57-54-51-48-46-44-42-40-35-33-31-29-26-23-20-17-14-11-8-2/h10,13,19-20,22-23,28-31,34-36,38-40,43-46,62,65,71-72H,7-9,11-12,14-18,21,24-27,32-33,37,41-42,47-61,63-64,66-70H2,1-6H3,(H-,75,77,79,80)/p+1/b13-10-,22-19-,23-20-,30-28-,31-29-,36-34-,39-38-,40-35-,45-43-,46-44-,65-62+. The molecule has 0 saturated carbocycles. The van der Waals surface area contributed by atoms with Crippen LogP contribution >= 0.6 is 7.82 Å². The van der Waals surface area contributed by atoms with E-state index in [1.165, 1.54) is 77.0 Å². The first kappa shape index (κ1) is 80.2. The second kappa shape index (κ2) is 62.2. The minimum Gasteiger partial charge on any atom is -0.456 e. The Morgan fingerprint density at radius 1 is 0.429 bits per heavy atom. The molecule has 2 N–H and O–H groups in total. The Hall–Kier alpha value is -3.85. The molecule has 0 radical (unpaired) electrons. The van der Waals surface area contributed by atoms with Crippen LogP contribution in [0.4, 0.5) is 0 Å². The molecule has 0 aliphatic heterocycles. The second-order valence-electron chi connectivity index (χ2n) is 23.6. The molecule has 0 bridgehead atoms. The maximum Gasteiger partial charge on any atom is 0.472 e. The zero-order chi connectivity index (χ0) is 61.4. The van der Waals surface area contributed by atoms with Crippen molar-refractivity contribution in [3.05, 3.63) is 134 Å². The van der Waals surface area contributed by atoms with Crippen LogP contribution in [0.15, 0.2) is 134 Å². The lowest BCUT2D eigenvalue weighted by molar-refractivity contribution is -0.870. The van der Waals surface area contributed by atoms with Crippen molar-refractivity contribution in [2.24, 2.45) is 0 Å². The number of carbonyl (C=O) groups is 2. The third kappa shape index (κ3) is 62.7. The summed E-state index contributed by atoms with van der Waals surface area (Å²) in [4.78, 5) is 37.9. The average Bonchev–Trinajstić information content (AvgIpc) is 3.64. The predicted octanol–water partition coefficient (Wildman–Crippen LogP) is 21.6. The molecular formula is C74H128N2O7P+. The van der Waals surface area contributed by atoms with Crippen molar-refractivity contribution < 1.29 is 37.3 Å². The Kier molecular flexibility index (Phi) is 59.4. The minimum absolute atomic E-state index is 0.0263. The normalized spacial score (nSPS) is 14.4. The SMILES string of the molecule is CC/C=C\C/C=C\C/C=C\C/C=C\C/C=C\C/C=C\CCCCCCCCC(=O)OC(/C=C/CCCCCCCCCCCC)C(COP(=O)(O)OCC[N+](C)(C)C)NC(=O)CCCCCCC/C=C\C/C=C\C/C=C\C/C=C\CCCCC. The number of rotatable bonds is 60. The van der Waals surface area contributed by atoms with Crippen LogP contribution in [0.5, 0.6) is 0 Å². The fraction of sp³-hybridized carbons (Fsp3) is 0.676. The van der Waals surface area contributed by atoms with Crippen molar-refractivity contribution in [1.82, 2.24) is 5.32 Å². The summed E-state index contributed by atoms with van der Waals surface area (Å²) in [7, 11) is 1.46. The molecule has 9 nitrogen and oxygen atoms in total. The lowest BCUT2D eigenvalue weighted by Crippen LogP contribution is -2.47. The molecule has 0 fully saturated rings. The van der Waals surface area contributed by atoms with Crippen LogP contribution < -0.4 is 5.32 Å². The van der Waals surface area contributed by atoms with Gasteiger partial charge in [-0.3, -0.25) is 18.6 Å². The molecule has 3 unspecified atom stereocenters. The van der Waals surface area contributed by atoms with Gasteiger partial charge >= 0.3 is 13.8 Å². The smallest absolute Gasteiger partial charge is 0.456 e. The van der Waals surface area contributed by atoms with Crippen LogP contribution in [-0.2, 0) is 27.9 Å². The van der Waals surface area contributed by atoms with E-state index in [1.54, 1.807) is 0 Å². The third-order valence-electron chi connectivity index (χ3n) is 14.3. The topological polar surface area (TPSA) is 111 Å². The number of nitrogens with zero attached hydrogens (tertiary/aromatic N) is 1. The van der Waals surface area contributed by atoms with Gasteiger partial charge in [-0.1, -0.05) is 264 Å². The van der Waals surface area contributed by atoms with E-state index < -0.39 is 20.0 Å². The molecular weight excluding hydrogens is 1060 g/mol. The molecule has 0 aromatic carbocycles. The Morgan fingerprint density at radius 3 is 1.17 bits per heavy atom. The first-order valence-electron chi connectivity index (χ1n) is 34.0. The fourth-order valence-corrected chi connectivity index (χ4v) is 9.84. The summed E-state index contributed by atoms with van der Waals surface area (Å²) in [6.45, 7) is 6.84. The van der Waals surface area contributed by atoms with E-state index in [1.807, 2.05) is 33.3 Å². The van der Waals surface area contributed by atoms with Gasteiger partial charge in [0.15, 0.2) is 0 Å². The number of quaternary nitrogens is 1. The van der Waals surface area contributed by atoms with Gasteiger partial charge in [0, 0.05) is 12.8 Å². The predicted molar refractivity (Wildman–Crippen MR) is 364 cm³/mol. The molecule has 0 heterocycles. The largest absolute Gasteiger partial charge is 0.472 e. The number of phosphoric ester groups is 1. The molecule has 0 aromatic heterocycles. The maximum atomic E-state index is 13.6. The van der Waals surface area contributed by atoms with Gasteiger partial charge in [-0.05, 0) is 128 Å².